The number of rotatable bonds is 2. The molecule has 0 aliphatic heterocycles. The Morgan fingerprint density at radius 2 is 2.42 bits per heavy atom. The summed E-state index contributed by atoms with van der Waals surface area (Å²) >= 11 is 3.11. The Labute approximate surface area is 77.5 Å². The Hall–Kier alpha value is -0.520. The zero-order valence-corrected chi connectivity index (χ0v) is 7.75. The molecule has 3 N–H and O–H groups in total. The van der Waals surface area contributed by atoms with Gasteiger partial charge in [0.25, 0.3) is 0 Å². The van der Waals surface area contributed by atoms with E-state index in [-0.39, 0.29) is 12.1 Å². The molecular formula is C7H8BrFN2O. The Morgan fingerprint density at radius 1 is 1.75 bits per heavy atom. The van der Waals surface area contributed by atoms with Crippen molar-refractivity contribution in [3.8, 4) is 0 Å². The Morgan fingerprint density at radius 3 is 3.00 bits per heavy atom. The van der Waals surface area contributed by atoms with E-state index in [1.807, 2.05) is 0 Å². The van der Waals surface area contributed by atoms with Gasteiger partial charge in [-0.25, -0.2) is 4.98 Å². The van der Waals surface area contributed by atoms with E-state index in [2.05, 4.69) is 20.9 Å². The molecule has 0 fully saturated rings. The van der Waals surface area contributed by atoms with Gasteiger partial charge in [0.1, 0.15) is 0 Å². The third kappa shape index (κ3) is 2.00. The van der Waals surface area contributed by atoms with E-state index in [1.54, 1.807) is 0 Å². The molecule has 1 heterocycles. The van der Waals surface area contributed by atoms with E-state index in [9.17, 15) is 9.50 Å². The quantitative estimate of drug-likeness (QED) is 0.751. The molecule has 0 saturated heterocycles. The summed E-state index contributed by atoms with van der Waals surface area (Å²) < 4.78 is 13.5. The zero-order valence-electron chi connectivity index (χ0n) is 6.17. The van der Waals surface area contributed by atoms with Crippen LogP contribution >= 0.6 is 15.9 Å². The predicted octanol–water partition coefficient (Wildman–Crippen LogP) is 0.975. The highest BCUT2D eigenvalue weighted by Gasteiger charge is 2.12. The Kier molecular flexibility index (Phi) is 3.13. The summed E-state index contributed by atoms with van der Waals surface area (Å²) in [7, 11) is 0. The first-order valence-corrected chi connectivity index (χ1v) is 4.13. The maximum absolute atomic E-state index is 12.9. The van der Waals surface area contributed by atoms with Gasteiger partial charge in [-0.05, 0) is 22.0 Å². The van der Waals surface area contributed by atoms with Crippen molar-refractivity contribution in [2.45, 2.75) is 6.10 Å². The van der Waals surface area contributed by atoms with Crippen LogP contribution in [0.1, 0.15) is 11.7 Å². The van der Waals surface area contributed by atoms with Crippen LogP contribution in [0.25, 0.3) is 0 Å². The van der Waals surface area contributed by atoms with Gasteiger partial charge in [-0.1, -0.05) is 0 Å². The van der Waals surface area contributed by atoms with Crippen LogP contribution in [-0.2, 0) is 0 Å². The molecule has 0 saturated carbocycles. The average molecular weight is 235 g/mol. The van der Waals surface area contributed by atoms with E-state index < -0.39 is 12.1 Å². The molecular weight excluding hydrogens is 227 g/mol. The largest absolute Gasteiger partial charge is 0.387 e. The highest BCUT2D eigenvalue weighted by atomic mass is 79.9. The lowest BCUT2D eigenvalue weighted by molar-refractivity contribution is 0.180. The molecule has 0 radical (unpaired) electrons. The molecule has 0 spiro atoms. The third-order valence-electron chi connectivity index (χ3n) is 1.42. The van der Waals surface area contributed by atoms with Gasteiger partial charge in [0.05, 0.1) is 6.10 Å². The second-order valence-corrected chi connectivity index (χ2v) is 3.20. The normalized spacial score (nSPS) is 13.0. The van der Waals surface area contributed by atoms with Gasteiger partial charge in [-0.15, -0.1) is 0 Å². The van der Waals surface area contributed by atoms with Gasteiger partial charge in [-0.3, -0.25) is 0 Å². The van der Waals surface area contributed by atoms with Gasteiger partial charge in [-0.2, -0.15) is 4.39 Å². The molecule has 0 aliphatic carbocycles. The number of hydrogen-bond donors (Lipinski definition) is 2. The van der Waals surface area contributed by atoms with Crippen LogP contribution in [0.2, 0.25) is 0 Å². The summed E-state index contributed by atoms with van der Waals surface area (Å²) in [6.07, 6.45) is 0.331. The SMILES string of the molecule is NC[C@H](O)c1cc(Br)cnc1F. The van der Waals surface area contributed by atoms with Crippen molar-refractivity contribution in [2.75, 3.05) is 6.54 Å². The molecule has 0 aliphatic rings. The molecule has 12 heavy (non-hydrogen) atoms. The van der Waals surface area contributed by atoms with E-state index in [4.69, 9.17) is 5.73 Å². The van der Waals surface area contributed by atoms with Gasteiger partial charge < -0.3 is 10.8 Å². The van der Waals surface area contributed by atoms with Crippen LogP contribution < -0.4 is 5.73 Å². The standard InChI is InChI=1S/C7H8BrFN2O/c8-4-1-5(6(12)2-10)7(9)11-3-4/h1,3,6,12H,2,10H2/t6-/m0/s1. The van der Waals surface area contributed by atoms with Crippen molar-refractivity contribution in [2.24, 2.45) is 5.73 Å². The lowest BCUT2D eigenvalue weighted by atomic mass is 10.1. The summed E-state index contributed by atoms with van der Waals surface area (Å²) in [5.41, 5.74) is 5.28. The highest BCUT2D eigenvalue weighted by Crippen LogP contribution is 2.18. The average Bonchev–Trinajstić information content (AvgIpc) is 2.08. The molecule has 0 aromatic carbocycles. The van der Waals surface area contributed by atoms with Crippen molar-refractivity contribution in [3.05, 3.63) is 28.2 Å². The molecule has 5 heteroatoms. The fourth-order valence-corrected chi connectivity index (χ4v) is 1.15. The molecule has 0 bridgehead atoms. The fraction of sp³-hybridized carbons (Fsp3) is 0.286. The summed E-state index contributed by atoms with van der Waals surface area (Å²) in [5, 5.41) is 9.21. The first kappa shape index (κ1) is 9.57. The third-order valence-corrected chi connectivity index (χ3v) is 1.85. The first-order chi connectivity index (χ1) is 5.65. The summed E-state index contributed by atoms with van der Waals surface area (Å²) in [6.45, 7) is -0.0188. The maximum Gasteiger partial charge on any atom is 0.218 e. The van der Waals surface area contributed by atoms with Gasteiger partial charge in [0.15, 0.2) is 0 Å². The van der Waals surface area contributed by atoms with E-state index >= 15 is 0 Å². The molecule has 0 amide bonds. The lowest BCUT2D eigenvalue weighted by Gasteiger charge is -2.08. The topological polar surface area (TPSA) is 59.1 Å². The van der Waals surface area contributed by atoms with Crippen molar-refractivity contribution in [3.63, 3.8) is 0 Å². The van der Waals surface area contributed by atoms with Gasteiger partial charge in [0.2, 0.25) is 5.95 Å². The first-order valence-electron chi connectivity index (χ1n) is 3.34. The van der Waals surface area contributed by atoms with Gasteiger partial charge >= 0.3 is 0 Å². The molecule has 66 valence electrons. The summed E-state index contributed by atoms with van der Waals surface area (Å²) in [4.78, 5) is 3.42. The number of nitrogens with two attached hydrogens (primary N) is 1. The predicted molar refractivity (Wildman–Crippen MR) is 45.9 cm³/mol. The molecule has 1 rings (SSSR count). The number of aliphatic hydroxyl groups excluding tert-OH is 1. The maximum atomic E-state index is 12.9. The number of aromatic nitrogens is 1. The minimum atomic E-state index is -0.991. The second-order valence-electron chi connectivity index (χ2n) is 2.29. The molecule has 3 nitrogen and oxygen atoms in total. The molecule has 1 aromatic heterocycles. The highest BCUT2D eigenvalue weighted by molar-refractivity contribution is 9.10. The summed E-state index contributed by atoms with van der Waals surface area (Å²) in [5.74, 6) is -0.684. The lowest BCUT2D eigenvalue weighted by Crippen LogP contribution is -2.13. The van der Waals surface area contributed by atoms with Gasteiger partial charge in [0, 0.05) is 22.8 Å². The van der Waals surface area contributed by atoms with Crippen LogP contribution in [0.4, 0.5) is 4.39 Å². The zero-order chi connectivity index (χ0) is 9.14. The molecule has 1 aromatic rings. The molecule has 0 unspecified atom stereocenters. The smallest absolute Gasteiger partial charge is 0.218 e. The number of nitrogens with zero attached hydrogens (tertiary/aromatic N) is 1. The van der Waals surface area contributed by atoms with Crippen molar-refractivity contribution < 1.29 is 9.50 Å². The van der Waals surface area contributed by atoms with E-state index in [0.29, 0.717) is 4.47 Å². The Bertz CT molecular complexity index is 282. The monoisotopic (exact) mass is 234 g/mol. The minimum absolute atomic E-state index is 0.0188. The van der Waals surface area contributed by atoms with Crippen LogP contribution in [-0.4, -0.2) is 16.6 Å². The number of hydrogen-bond acceptors (Lipinski definition) is 3. The van der Waals surface area contributed by atoms with E-state index in [0.717, 1.165) is 0 Å². The fourth-order valence-electron chi connectivity index (χ4n) is 0.799. The minimum Gasteiger partial charge on any atom is -0.387 e. The number of aliphatic hydroxyl groups is 1. The molecule has 1 atom stereocenters. The van der Waals surface area contributed by atoms with Crippen molar-refractivity contribution in [1.29, 1.82) is 0 Å². The second kappa shape index (κ2) is 3.93. The van der Waals surface area contributed by atoms with Crippen LogP contribution in [0.5, 0.6) is 0 Å². The van der Waals surface area contributed by atoms with Crippen LogP contribution in [0, 0.1) is 5.95 Å². The van der Waals surface area contributed by atoms with Crippen LogP contribution in [0.3, 0.4) is 0 Å². The number of halogens is 2. The number of pyridine rings is 1. The van der Waals surface area contributed by atoms with Crippen molar-refractivity contribution >= 4 is 15.9 Å². The van der Waals surface area contributed by atoms with Crippen LogP contribution in [0.15, 0.2) is 16.7 Å². The van der Waals surface area contributed by atoms with E-state index in [1.165, 1.54) is 12.3 Å². The Balaban J connectivity index is 3.04. The summed E-state index contributed by atoms with van der Waals surface area (Å²) in [6, 6.07) is 1.46. The van der Waals surface area contributed by atoms with Crippen molar-refractivity contribution in [1.82, 2.24) is 4.98 Å².